The Morgan fingerprint density at radius 1 is 1.26 bits per heavy atom. The summed E-state index contributed by atoms with van der Waals surface area (Å²) in [4.78, 5) is 26.3. The molecule has 0 aromatic heterocycles. The van der Waals surface area contributed by atoms with Crippen molar-refractivity contribution < 1.29 is 23.8 Å². The smallest absolute Gasteiger partial charge is 0.410 e. The Kier molecular flexibility index (Phi) is 5.51. The largest absolute Gasteiger partial charge is 0.466 e. The maximum Gasteiger partial charge on any atom is 0.410 e. The molecule has 1 aliphatic carbocycles. The molecule has 2 heterocycles. The number of likely N-dealkylation sites (tertiary alicyclic amines) is 1. The minimum atomic E-state index is -0.529. The number of hydrogen-bond donors (Lipinski definition) is 1. The standard InChI is InChI=1S/C19H25ClN2O5/c1-19(2,3)27-18(24)22-8-6-11(7-9-22)26-17(23)13-5-4-12-15(21)14(20)10-25-16(12)13/h10-12,21H,4-9H2,1-3H3. The van der Waals surface area contributed by atoms with E-state index in [4.69, 9.17) is 31.2 Å². The van der Waals surface area contributed by atoms with E-state index in [1.807, 2.05) is 20.8 Å². The van der Waals surface area contributed by atoms with Gasteiger partial charge in [-0.25, -0.2) is 9.59 Å². The molecule has 7 nitrogen and oxygen atoms in total. The van der Waals surface area contributed by atoms with Crippen molar-refractivity contribution in [3.05, 3.63) is 22.6 Å². The zero-order valence-electron chi connectivity index (χ0n) is 15.8. The van der Waals surface area contributed by atoms with E-state index in [0.29, 0.717) is 50.1 Å². The van der Waals surface area contributed by atoms with Crippen LogP contribution in [0.3, 0.4) is 0 Å². The van der Waals surface area contributed by atoms with Crippen LogP contribution >= 0.6 is 11.6 Å². The van der Waals surface area contributed by atoms with Crippen LogP contribution in [0.1, 0.15) is 46.5 Å². The number of carbonyl (C=O) groups is 2. The number of hydrogen-bond acceptors (Lipinski definition) is 6. The highest BCUT2D eigenvalue weighted by atomic mass is 35.5. The average Bonchev–Trinajstić information content (AvgIpc) is 3.02. The van der Waals surface area contributed by atoms with Crippen LogP contribution in [0.15, 0.2) is 22.6 Å². The van der Waals surface area contributed by atoms with Crippen LogP contribution in [0.5, 0.6) is 0 Å². The van der Waals surface area contributed by atoms with Gasteiger partial charge in [0.15, 0.2) is 0 Å². The van der Waals surface area contributed by atoms with Crippen LogP contribution in [-0.2, 0) is 19.0 Å². The van der Waals surface area contributed by atoms with Gasteiger partial charge in [0.05, 0.1) is 22.2 Å². The lowest BCUT2D eigenvalue weighted by molar-refractivity contribution is -0.146. The topological polar surface area (TPSA) is 88.9 Å². The molecule has 0 radical (unpaired) electrons. The molecule has 1 fully saturated rings. The minimum Gasteiger partial charge on any atom is -0.466 e. The molecule has 3 rings (SSSR count). The summed E-state index contributed by atoms with van der Waals surface area (Å²) in [5.74, 6) is -0.179. The van der Waals surface area contributed by atoms with Crippen LogP contribution in [-0.4, -0.2) is 47.5 Å². The van der Waals surface area contributed by atoms with Gasteiger partial charge in [-0.2, -0.15) is 0 Å². The summed E-state index contributed by atoms with van der Waals surface area (Å²) in [7, 11) is 0. The van der Waals surface area contributed by atoms with Crippen molar-refractivity contribution in [2.24, 2.45) is 5.92 Å². The van der Waals surface area contributed by atoms with Gasteiger partial charge in [-0.1, -0.05) is 11.6 Å². The molecule has 8 heteroatoms. The number of ether oxygens (including phenoxy) is 3. The highest BCUT2D eigenvalue weighted by Gasteiger charge is 2.38. The molecule has 1 atom stereocenters. The van der Waals surface area contributed by atoms with Gasteiger partial charge in [0.1, 0.15) is 23.7 Å². The van der Waals surface area contributed by atoms with Crippen LogP contribution in [0.2, 0.25) is 0 Å². The van der Waals surface area contributed by atoms with Crippen LogP contribution in [0.25, 0.3) is 0 Å². The molecule has 1 unspecified atom stereocenters. The summed E-state index contributed by atoms with van der Waals surface area (Å²) in [5.41, 5.74) is 0.240. The number of piperidine rings is 1. The van der Waals surface area contributed by atoms with Crippen molar-refractivity contribution in [2.75, 3.05) is 13.1 Å². The number of nitrogens with one attached hydrogen (secondary N) is 1. The fourth-order valence-corrected chi connectivity index (χ4v) is 3.61. The van der Waals surface area contributed by atoms with Gasteiger partial charge >= 0.3 is 12.1 Å². The van der Waals surface area contributed by atoms with Crippen molar-refractivity contribution in [1.82, 2.24) is 4.90 Å². The third-order valence-electron chi connectivity index (χ3n) is 4.81. The second kappa shape index (κ2) is 7.54. The van der Waals surface area contributed by atoms with Crippen molar-refractivity contribution >= 4 is 29.4 Å². The van der Waals surface area contributed by atoms with Crippen molar-refractivity contribution in [3.8, 4) is 0 Å². The fourth-order valence-electron chi connectivity index (χ4n) is 3.43. The molecule has 2 aliphatic heterocycles. The molecule has 1 N–H and O–H groups in total. The summed E-state index contributed by atoms with van der Waals surface area (Å²) in [5, 5.41) is 8.29. The van der Waals surface area contributed by atoms with Crippen molar-refractivity contribution in [3.63, 3.8) is 0 Å². The molecule has 27 heavy (non-hydrogen) atoms. The zero-order chi connectivity index (χ0) is 19.8. The lowest BCUT2D eigenvalue weighted by Crippen LogP contribution is -2.43. The van der Waals surface area contributed by atoms with Crippen molar-refractivity contribution in [1.29, 1.82) is 5.41 Å². The summed E-state index contributed by atoms with van der Waals surface area (Å²) < 4.78 is 16.5. The number of esters is 1. The van der Waals surface area contributed by atoms with E-state index in [1.165, 1.54) is 6.26 Å². The summed E-state index contributed by atoms with van der Waals surface area (Å²) >= 11 is 5.93. The van der Waals surface area contributed by atoms with E-state index in [9.17, 15) is 9.59 Å². The molecule has 0 saturated carbocycles. The quantitative estimate of drug-likeness (QED) is 0.718. The first-order valence-corrected chi connectivity index (χ1v) is 9.56. The molecule has 0 bridgehead atoms. The van der Waals surface area contributed by atoms with Crippen LogP contribution < -0.4 is 0 Å². The first-order valence-electron chi connectivity index (χ1n) is 9.19. The Hall–Kier alpha value is -2.02. The zero-order valence-corrected chi connectivity index (χ0v) is 16.6. The maximum absolute atomic E-state index is 12.6. The van der Waals surface area contributed by atoms with Gasteiger partial charge in [-0.05, 0) is 33.6 Å². The van der Waals surface area contributed by atoms with Crippen molar-refractivity contribution in [2.45, 2.75) is 58.2 Å². The molecule has 0 aromatic rings. The third-order valence-corrected chi connectivity index (χ3v) is 5.10. The van der Waals surface area contributed by atoms with Gasteiger partial charge in [0.2, 0.25) is 0 Å². The number of allylic oxidation sites excluding steroid dienone is 2. The fraction of sp³-hybridized carbons (Fsp3) is 0.632. The van der Waals surface area contributed by atoms with E-state index in [0.717, 1.165) is 0 Å². The molecular formula is C19H25ClN2O5. The van der Waals surface area contributed by atoms with Gasteiger partial charge in [-0.15, -0.1) is 0 Å². The Morgan fingerprint density at radius 2 is 1.93 bits per heavy atom. The third kappa shape index (κ3) is 4.46. The lowest BCUT2D eigenvalue weighted by atomic mass is 10.00. The monoisotopic (exact) mass is 396 g/mol. The molecular weight excluding hydrogens is 372 g/mol. The SMILES string of the molecule is CC(C)(C)OC(=O)N1CCC(OC(=O)C2=C3OC=C(Cl)C(=N)C3CC2)CC1. The normalized spacial score (nSPS) is 23.6. The van der Waals surface area contributed by atoms with E-state index < -0.39 is 11.6 Å². The summed E-state index contributed by atoms with van der Waals surface area (Å²) in [6.45, 7) is 6.47. The summed E-state index contributed by atoms with van der Waals surface area (Å²) in [6, 6.07) is 0. The van der Waals surface area contributed by atoms with Gasteiger partial charge in [-0.3, -0.25) is 0 Å². The molecule has 1 saturated heterocycles. The van der Waals surface area contributed by atoms with Crippen LogP contribution in [0, 0.1) is 11.3 Å². The predicted octanol–water partition coefficient (Wildman–Crippen LogP) is 3.72. The molecule has 3 aliphatic rings. The molecule has 1 amide bonds. The Bertz CT molecular complexity index is 714. The number of rotatable bonds is 2. The van der Waals surface area contributed by atoms with E-state index >= 15 is 0 Å². The summed E-state index contributed by atoms with van der Waals surface area (Å²) in [6.07, 6.45) is 2.99. The van der Waals surface area contributed by atoms with Gasteiger partial charge in [0.25, 0.3) is 0 Å². The van der Waals surface area contributed by atoms with E-state index in [-0.39, 0.29) is 28.9 Å². The van der Waals surface area contributed by atoms with Gasteiger partial charge < -0.3 is 24.5 Å². The predicted molar refractivity (Wildman–Crippen MR) is 99.4 cm³/mol. The Morgan fingerprint density at radius 3 is 2.56 bits per heavy atom. The van der Waals surface area contributed by atoms with E-state index in [1.54, 1.807) is 4.90 Å². The number of carbonyl (C=O) groups excluding carboxylic acids is 2. The maximum atomic E-state index is 12.6. The minimum absolute atomic E-state index is 0.245. The second-order valence-electron chi connectivity index (χ2n) is 8.00. The second-order valence-corrected chi connectivity index (χ2v) is 8.41. The number of fused-ring (bicyclic) bond motifs is 1. The van der Waals surface area contributed by atoms with Gasteiger partial charge in [0, 0.05) is 25.9 Å². The molecule has 148 valence electrons. The average molecular weight is 397 g/mol. The highest BCUT2D eigenvalue weighted by Crippen LogP contribution is 2.39. The molecule has 0 aromatic carbocycles. The number of amides is 1. The number of halogens is 1. The first-order chi connectivity index (χ1) is 12.7. The first kappa shape index (κ1) is 19.7. The molecule has 0 spiro atoms. The Balaban J connectivity index is 1.55. The number of nitrogens with zero attached hydrogens (tertiary/aromatic N) is 1. The van der Waals surface area contributed by atoms with E-state index in [2.05, 4.69) is 0 Å². The van der Waals surface area contributed by atoms with Crippen LogP contribution in [0.4, 0.5) is 4.79 Å². The highest BCUT2D eigenvalue weighted by molar-refractivity contribution is 6.43. The lowest BCUT2D eigenvalue weighted by Gasteiger charge is -2.33. The Labute approximate surface area is 163 Å².